The van der Waals surface area contributed by atoms with E-state index in [1.807, 2.05) is 24.3 Å². The van der Waals surface area contributed by atoms with E-state index in [1.54, 1.807) is 84.4 Å². The Morgan fingerprint density at radius 3 is 1.18 bits per heavy atom. The monoisotopic (exact) mass is 1580 g/mol. The molecule has 4 saturated heterocycles. The van der Waals surface area contributed by atoms with Gasteiger partial charge in [-0.05, 0) is 70.8 Å². The number of likely N-dealkylation sites (N-methyl/N-ethyl adjacent to an activating group) is 2. The number of rotatable bonds is 14. The van der Waals surface area contributed by atoms with Crippen LogP contribution in [0, 0.1) is 66.0 Å². The van der Waals surface area contributed by atoms with Gasteiger partial charge in [-0.2, -0.15) is 18.9 Å². The maximum atomic E-state index is 12.8. The molecular weight excluding hydrogens is 1500 g/mol. The molecule has 106 heavy (non-hydrogen) atoms. The van der Waals surface area contributed by atoms with E-state index >= 15 is 0 Å². The van der Waals surface area contributed by atoms with Gasteiger partial charge in [-0.1, -0.05) is 110 Å². The highest BCUT2D eigenvalue weighted by Crippen LogP contribution is 2.45. The van der Waals surface area contributed by atoms with Crippen LogP contribution in [0.15, 0.2) is 72.8 Å². The zero-order valence-corrected chi connectivity index (χ0v) is 61.9. The molecule has 580 valence electrons. The normalized spacial score (nSPS) is 15.1. The number of nitro groups is 1. The number of halogens is 8. The number of ether oxygens (including phenoxy) is 4. The molecule has 4 fully saturated rings. The van der Waals surface area contributed by atoms with Gasteiger partial charge in [-0.25, -0.2) is 18.4 Å². The van der Waals surface area contributed by atoms with Crippen LogP contribution in [0.4, 0.5) is 23.2 Å². The van der Waals surface area contributed by atoms with Crippen molar-refractivity contribution in [3.05, 3.63) is 154 Å². The van der Waals surface area contributed by atoms with E-state index in [0.29, 0.717) is 42.6 Å². The predicted octanol–water partition coefficient (Wildman–Crippen LogP) is 9.78. The largest absolute Gasteiger partial charge is 0.497 e. The van der Waals surface area contributed by atoms with Crippen molar-refractivity contribution in [1.29, 1.82) is 0 Å². The summed E-state index contributed by atoms with van der Waals surface area (Å²) in [5.41, 5.74) is 2.00. The molecule has 0 bridgehead atoms. The maximum absolute atomic E-state index is 12.8. The van der Waals surface area contributed by atoms with E-state index in [9.17, 15) is 85.2 Å². The molecule has 39 heteroatoms. The number of methoxy groups -OCH3 is 4. The number of nitro benzene ring substituents is 1. The van der Waals surface area contributed by atoms with Crippen molar-refractivity contribution in [1.82, 2.24) is 35.9 Å². The van der Waals surface area contributed by atoms with Crippen LogP contribution in [0.3, 0.4) is 0 Å². The van der Waals surface area contributed by atoms with E-state index in [2.05, 4.69) is 46.5 Å². The molecule has 0 spiro atoms. The Bertz CT molecular complexity index is 3800. The van der Waals surface area contributed by atoms with Gasteiger partial charge >= 0.3 is 17.6 Å². The molecule has 0 radical (unpaired) electrons. The van der Waals surface area contributed by atoms with Crippen molar-refractivity contribution in [2.24, 2.45) is 11.8 Å². The highest BCUT2D eigenvalue weighted by molar-refractivity contribution is 6.49. The molecule has 2 N–H and O–H groups in total. The molecule has 2 atom stereocenters. The van der Waals surface area contributed by atoms with Gasteiger partial charge in [0.15, 0.2) is 28.9 Å². The Kier molecular flexibility index (Phi) is 40.9. The summed E-state index contributed by atoms with van der Waals surface area (Å²) in [5, 5.41) is 20.2. The maximum Gasteiger partial charge on any atom is 0.346 e. The number of nitrogens with one attached hydrogen (secondary N) is 2. The third-order valence-corrected chi connectivity index (χ3v) is 15.7. The summed E-state index contributed by atoms with van der Waals surface area (Å²) in [4.78, 5) is 164. The minimum atomic E-state index is -1.51. The number of nitrogens with zero attached hydrogens (tertiary/aromatic N) is 6. The summed E-state index contributed by atoms with van der Waals surface area (Å²) in [6, 6.07) is 20.8. The van der Waals surface area contributed by atoms with Gasteiger partial charge in [0.1, 0.15) is 15.8 Å². The summed E-state index contributed by atoms with van der Waals surface area (Å²) >= 11 is 23.5. The van der Waals surface area contributed by atoms with Crippen LogP contribution in [0.25, 0.3) is 0 Å². The fourth-order valence-corrected chi connectivity index (χ4v) is 9.45. The molecule has 31 nitrogen and oxygen atoms in total. The molecular formula is C67H78Cl4F4N8O23. The van der Waals surface area contributed by atoms with E-state index in [-0.39, 0.29) is 110 Å². The Balaban J connectivity index is 0.000000598. The molecule has 0 aromatic heterocycles. The highest BCUT2D eigenvalue weighted by atomic mass is 35.5. The number of amides is 10. The first-order valence-electron chi connectivity index (χ1n) is 30.3. The molecule has 2 unspecified atom stereocenters. The molecule has 0 aliphatic carbocycles. The fourth-order valence-electron chi connectivity index (χ4n) is 8.36. The van der Waals surface area contributed by atoms with Crippen LogP contribution >= 0.6 is 46.4 Å². The summed E-state index contributed by atoms with van der Waals surface area (Å²) in [6.45, 7) is 7.99. The van der Waals surface area contributed by atoms with Crippen molar-refractivity contribution in [3.8, 4) is 23.0 Å². The first kappa shape index (κ1) is 94.0. The number of fused-ring (bicyclic) bond motifs is 1. The number of carbonyl (C=O) groups is 12. The molecule has 5 heterocycles. The van der Waals surface area contributed by atoms with Crippen LogP contribution in [0.5, 0.6) is 23.0 Å². The minimum absolute atomic E-state index is 0. The first-order chi connectivity index (χ1) is 49.5. The van der Waals surface area contributed by atoms with E-state index in [4.69, 9.17) is 60.6 Å². The van der Waals surface area contributed by atoms with E-state index in [1.165, 1.54) is 47.2 Å². The summed E-state index contributed by atoms with van der Waals surface area (Å²) in [6.07, 6.45) is 1.18. The standard InChI is InChI=1S/C9H7NO3.C8H6Cl4O.C8H6F4O.C8H12N2O4.C8H10O.C7H10N2O4.C7H7NO3.C6H9NO3.C5H7NO3.CH4/c1-13-10-8(11)6-4-2-3-5-7(6)9(10)12;2*1-3-4(9)6(11)8(13-2)7(12)5(3)10;1-5-3-6(11)10(8(5)13)14-7(12)4-9-2;1-7-3-5-8(9-2)6-4-7;1-8-4-7(12)13-9-5(10)2-3-6(9)11;1-11-7-5-3-2-4-6(7)8(9)10;1-4-3-5(8)7(10-2)6(4)9;1-9-6-4(7)2-3-5(6)8;/h2-5H,1H3;2*1-2H3;5,9H,3-4H2,1-2H3;3-6H,1-2H3;8H,2-4H2,1H3;2-5H,1H3;4H,3H2,1-2H3;2-3H2,1H3;1H4. The highest BCUT2D eigenvalue weighted by Gasteiger charge is 2.40. The van der Waals surface area contributed by atoms with Crippen molar-refractivity contribution in [3.63, 3.8) is 0 Å². The van der Waals surface area contributed by atoms with Crippen molar-refractivity contribution < 1.29 is 123 Å². The van der Waals surface area contributed by atoms with Gasteiger partial charge in [0.05, 0.1) is 89.0 Å². The Morgan fingerprint density at radius 1 is 0.481 bits per heavy atom. The zero-order valence-electron chi connectivity index (χ0n) is 58.8. The Labute approximate surface area is 625 Å². The smallest absolute Gasteiger partial charge is 0.346 e. The average Bonchev–Trinajstić information content (AvgIpc) is 1.42. The van der Waals surface area contributed by atoms with Gasteiger partial charge in [-0.15, -0.1) is 15.2 Å². The summed E-state index contributed by atoms with van der Waals surface area (Å²) in [7, 11) is 12.5. The number of hydrogen-bond acceptors (Lipinski definition) is 25. The lowest BCUT2D eigenvalue weighted by atomic mass is 10.1. The molecule has 5 aromatic rings. The van der Waals surface area contributed by atoms with Gasteiger partial charge in [-0.3, -0.25) is 72.6 Å². The lowest BCUT2D eigenvalue weighted by Crippen LogP contribution is -2.36. The lowest BCUT2D eigenvalue weighted by molar-refractivity contribution is -0.385. The number of hydrogen-bond donors (Lipinski definition) is 2. The fraction of sp³-hybridized carbons (Fsp3) is 0.373. The quantitative estimate of drug-likeness (QED) is 0.0343. The van der Waals surface area contributed by atoms with E-state index < -0.39 is 92.8 Å². The van der Waals surface area contributed by atoms with Gasteiger partial charge in [0.2, 0.25) is 11.6 Å². The summed E-state index contributed by atoms with van der Waals surface area (Å²) in [5.74, 6) is -11.0. The van der Waals surface area contributed by atoms with Crippen LogP contribution in [0.1, 0.15) is 97.2 Å². The Morgan fingerprint density at radius 2 is 0.858 bits per heavy atom. The second-order valence-corrected chi connectivity index (χ2v) is 22.7. The predicted molar refractivity (Wildman–Crippen MR) is 371 cm³/mol. The number of imide groups is 5. The summed E-state index contributed by atoms with van der Waals surface area (Å²) < 4.78 is 70.0. The van der Waals surface area contributed by atoms with Crippen molar-refractivity contribution in [2.75, 3.05) is 77.0 Å². The van der Waals surface area contributed by atoms with Crippen LogP contribution < -0.4 is 29.6 Å². The Hall–Kier alpha value is -9.98. The number of para-hydroxylation sites is 2. The van der Waals surface area contributed by atoms with Crippen molar-refractivity contribution >= 4 is 123 Å². The molecule has 10 rings (SSSR count). The van der Waals surface area contributed by atoms with Crippen LogP contribution in [0.2, 0.25) is 20.1 Å². The third kappa shape index (κ3) is 26.3. The van der Waals surface area contributed by atoms with Gasteiger partial charge in [0, 0.05) is 62.0 Å². The molecule has 5 aliphatic heterocycles. The lowest BCUT2D eigenvalue weighted by Gasteiger charge is -2.12. The molecule has 5 aliphatic rings. The van der Waals surface area contributed by atoms with Gasteiger partial charge < -0.3 is 39.3 Å². The minimum Gasteiger partial charge on any atom is -0.497 e. The van der Waals surface area contributed by atoms with Gasteiger partial charge in [0.25, 0.3) is 59.1 Å². The van der Waals surface area contributed by atoms with Crippen molar-refractivity contribution in [2.45, 2.75) is 80.6 Å². The average molecular weight is 1580 g/mol. The number of aryl methyl sites for hydroxylation is 1. The zero-order chi connectivity index (χ0) is 79.9. The topological polar surface area (TPSA) is 371 Å². The molecule has 5 aromatic carbocycles. The number of carbonyl (C=O) groups excluding carboxylic acids is 12. The number of hydroxylamine groups is 10. The van der Waals surface area contributed by atoms with Crippen LogP contribution in [-0.2, 0) is 72.1 Å². The SMILES string of the molecule is C.CNCC(=O)ON1C(=O)CC(C)C1=O.CNCC(=O)ON1C(=O)CCC1=O.CON1C(=O)CC(C)C1=O.CON1C(=O)CCC1=O.CON1C(=O)c2ccccc2C1=O.COc1c(Cl)c(Cl)c(C)c(Cl)c1Cl.COc1c(F)c(F)c(C)c(F)c1F.COc1ccc(C)cc1.COc1ccccc1[N+](=O)[O-]. The van der Waals surface area contributed by atoms with E-state index in [0.717, 1.165) is 35.0 Å². The first-order valence-corrected chi connectivity index (χ1v) is 31.9. The molecule has 0 saturated carbocycles. The second-order valence-electron chi connectivity index (χ2n) is 21.2. The number of benzene rings is 5. The second kappa shape index (κ2) is 46.1. The third-order valence-electron chi connectivity index (χ3n) is 13.8. The molecule has 10 amide bonds. The van der Waals surface area contributed by atoms with Crippen LogP contribution in [-0.4, -0.2) is 178 Å².